The van der Waals surface area contributed by atoms with Gasteiger partial charge in [-0.05, 0) is 43.4 Å². The standard InChI is InChI=1S/C21H25N5O3/c1-25-9-11-26(12-10-25)21(27)15-3-5-19(28-2)18(13-15)22-14-16-4-6-20(29-16)17-7-8-23-24-17/h3-8,13,22H,9-12,14H2,1-2H3,(H,23,24). The van der Waals surface area contributed by atoms with Crippen molar-refractivity contribution in [1.29, 1.82) is 0 Å². The summed E-state index contributed by atoms with van der Waals surface area (Å²) in [6, 6.07) is 11.1. The Balaban J connectivity index is 1.46. The van der Waals surface area contributed by atoms with Crippen LogP contribution < -0.4 is 10.1 Å². The van der Waals surface area contributed by atoms with Crippen molar-refractivity contribution in [2.45, 2.75) is 6.54 Å². The van der Waals surface area contributed by atoms with Crippen LogP contribution in [0.3, 0.4) is 0 Å². The van der Waals surface area contributed by atoms with E-state index in [9.17, 15) is 4.79 Å². The molecule has 1 aromatic carbocycles. The minimum absolute atomic E-state index is 0.0448. The van der Waals surface area contributed by atoms with E-state index in [1.54, 1.807) is 13.3 Å². The third kappa shape index (κ3) is 4.27. The molecule has 8 nitrogen and oxygen atoms in total. The second kappa shape index (κ2) is 8.40. The van der Waals surface area contributed by atoms with Crippen molar-refractivity contribution in [2.24, 2.45) is 0 Å². The number of aromatic amines is 1. The van der Waals surface area contributed by atoms with Gasteiger partial charge in [0.15, 0.2) is 5.76 Å². The number of rotatable bonds is 6. The quantitative estimate of drug-likeness (QED) is 0.667. The zero-order chi connectivity index (χ0) is 20.2. The van der Waals surface area contributed by atoms with Gasteiger partial charge in [-0.1, -0.05) is 0 Å². The number of ether oxygens (including phenoxy) is 1. The second-order valence-corrected chi connectivity index (χ2v) is 7.10. The Morgan fingerprint density at radius 1 is 1.21 bits per heavy atom. The van der Waals surface area contributed by atoms with Crippen molar-refractivity contribution in [2.75, 3.05) is 45.7 Å². The highest BCUT2D eigenvalue weighted by molar-refractivity contribution is 5.95. The number of furan rings is 1. The van der Waals surface area contributed by atoms with Crippen LogP contribution in [0.1, 0.15) is 16.1 Å². The number of amides is 1. The van der Waals surface area contributed by atoms with Gasteiger partial charge in [0.1, 0.15) is 17.2 Å². The van der Waals surface area contributed by atoms with E-state index in [0.29, 0.717) is 17.9 Å². The molecule has 1 aliphatic rings. The number of carbonyl (C=O) groups excluding carboxylic acids is 1. The number of carbonyl (C=O) groups is 1. The Morgan fingerprint density at radius 2 is 2.03 bits per heavy atom. The molecule has 1 fully saturated rings. The molecule has 0 radical (unpaired) electrons. The number of H-pyrrole nitrogens is 1. The van der Waals surface area contributed by atoms with Gasteiger partial charge in [-0.25, -0.2) is 0 Å². The largest absolute Gasteiger partial charge is 0.495 e. The third-order valence-electron chi connectivity index (χ3n) is 5.12. The van der Waals surface area contributed by atoms with E-state index in [0.717, 1.165) is 49.1 Å². The van der Waals surface area contributed by atoms with Crippen molar-refractivity contribution in [1.82, 2.24) is 20.0 Å². The van der Waals surface area contributed by atoms with E-state index >= 15 is 0 Å². The van der Waals surface area contributed by atoms with Gasteiger partial charge in [-0.15, -0.1) is 0 Å². The van der Waals surface area contributed by atoms with Crippen LogP contribution in [0.5, 0.6) is 5.75 Å². The molecule has 29 heavy (non-hydrogen) atoms. The number of methoxy groups -OCH3 is 1. The van der Waals surface area contributed by atoms with Crippen LogP contribution in [0.2, 0.25) is 0 Å². The number of benzene rings is 1. The van der Waals surface area contributed by atoms with Crippen LogP contribution >= 0.6 is 0 Å². The molecule has 152 valence electrons. The average molecular weight is 395 g/mol. The van der Waals surface area contributed by atoms with Crippen LogP contribution in [-0.4, -0.2) is 66.2 Å². The topological polar surface area (TPSA) is 86.6 Å². The highest BCUT2D eigenvalue weighted by atomic mass is 16.5. The van der Waals surface area contributed by atoms with Gasteiger partial charge in [0.05, 0.1) is 19.3 Å². The van der Waals surface area contributed by atoms with E-state index in [4.69, 9.17) is 9.15 Å². The predicted octanol–water partition coefficient (Wildman–Crippen LogP) is 2.68. The molecule has 1 saturated heterocycles. The molecule has 0 unspecified atom stereocenters. The summed E-state index contributed by atoms with van der Waals surface area (Å²) in [6.45, 7) is 3.74. The van der Waals surface area contributed by atoms with Gasteiger partial charge in [-0.3, -0.25) is 9.89 Å². The summed E-state index contributed by atoms with van der Waals surface area (Å²) in [5.41, 5.74) is 2.23. The number of nitrogens with zero attached hydrogens (tertiary/aromatic N) is 3. The number of piperazine rings is 1. The van der Waals surface area contributed by atoms with Crippen molar-refractivity contribution in [3.05, 3.63) is 53.9 Å². The fourth-order valence-electron chi connectivity index (χ4n) is 3.36. The molecule has 0 saturated carbocycles. The van der Waals surface area contributed by atoms with Crippen molar-refractivity contribution < 1.29 is 13.9 Å². The predicted molar refractivity (Wildman–Crippen MR) is 110 cm³/mol. The maximum atomic E-state index is 12.9. The van der Waals surface area contributed by atoms with E-state index in [1.165, 1.54) is 0 Å². The Hall–Kier alpha value is -3.26. The van der Waals surface area contributed by atoms with Gasteiger partial charge in [0.25, 0.3) is 5.91 Å². The Bertz CT molecular complexity index is 959. The second-order valence-electron chi connectivity index (χ2n) is 7.10. The van der Waals surface area contributed by atoms with Crippen molar-refractivity contribution >= 4 is 11.6 Å². The summed E-state index contributed by atoms with van der Waals surface area (Å²) < 4.78 is 11.3. The number of aromatic nitrogens is 2. The number of anilines is 1. The molecule has 0 aliphatic carbocycles. The summed E-state index contributed by atoms with van der Waals surface area (Å²) in [5, 5.41) is 10.1. The van der Waals surface area contributed by atoms with E-state index in [2.05, 4.69) is 27.5 Å². The molecular weight excluding hydrogens is 370 g/mol. The lowest BCUT2D eigenvalue weighted by atomic mass is 10.1. The SMILES string of the molecule is COc1ccc(C(=O)N2CCN(C)CC2)cc1NCc1ccc(-c2ccn[nH]2)o1. The number of likely N-dealkylation sites (N-methyl/N-ethyl adjacent to an activating group) is 1. The van der Waals surface area contributed by atoms with Crippen molar-refractivity contribution in [3.63, 3.8) is 0 Å². The monoisotopic (exact) mass is 395 g/mol. The average Bonchev–Trinajstić information content (AvgIpc) is 3.44. The molecule has 1 amide bonds. The maximum absolute atomic E-state index is 12.9. The molecule has 2 N–H and O–H groups in total. The Labute approximate surface area is 169 Å². The zero-order valence-electron chi connectivity index (χ0n) is 16.6. The van der Waals surface area contributed by atoms with E-state index in [-0.39, 0.29) is 5.91 Å². The van der Waals surface area contributed by atoms with Gasteiger partial charge in [0, 0.05) is 37.9 Å². The lowest BCUT2D eigenvalue weighted by Crippen LogP contribution is -2.47. The molecule has 1 aliphatic heterocycles. The third-order valence-corrected chi connectivity index (χ3v) is 5.12. The molecule has 2 aromatic heterocycles. The number of nitrogens with one attached hydrogen (secondary N) is 2. The molecule has 4 rings (SSSR count). The summed E-state index contributed by atoms with van der Waals surface area (Å²) in [5.74, 6) is 2.22. The maximum Gasteiger partial charge on any atom is 0.254 e. The summed E-state index contributed by atoms with van der Waals surface area (Å²) in [6.07, 6.45) is 1.68. The first-order valence-electron chi connectivity index (χ1n) is 9.62. The number of hydrogen-bond donors (Lipinski definition) is 2. The molecule has 0 bridgehead atoms. The van der Waals surface area contributed by atoms with Gasteiger partial charge in [0.2, 0.25) is 0 Å². The smallest absolute Gasteiger partial charge is 0.254 e. The van der Waals surface area contributed by atoms with Crippen LogP contribution in [0.15, 0.2) is 47.0 Å². The molecule has 0 atom stereocenters. The minimum atomic E-state index is 0.0448. The van der Waals surface area contributed by atoms with Crippen LogP contribution in [0.25, 0.3) is 11.5 Å². The van der Waals surface area contributed by atoms with Gasteiger partial charge >= 0.3 is 0 Å². The fourth-order valence-corrected chi connectivity index (χ4v) is 3.36. The molecule has 0 spiro atoms. The summed E-state index contributed by atoms with van der Waals surface area (Å²) in [4.78, 5) is 17.0. The van der Waals surface area contributed by atoms with Gasteiger partial charge < -0.3 is 24.3 Å². The van der Waals surface area contributed by atoms with Crippen LogP contribution in [0.4, 0.5) is 5.69 Å². The fraction of sp³-hybridized carbons (Fsp3) is 0.333. The lowest BCUT2D eigenvalue weighted by Gasteiger charge is -2.32. The minimum Gasteiger partial charge on any atom is -0.495 e. The van der Waals surface area contributed by atoms with Crippen LogP contribution in [-0.2, 0) is 6.54 Å². The molecule has 8 heteroatoms. The normalized spacial score (nSPS) is 14.8. The Morgan fingerprint density at radius 3 is 2.76 bits per heavy atom. The summed E-state index contributed by atoms with van der Waals surface area (Å²) in [7, 11) is 3.69. The van der Waals surface area contributed by atoms with Gasteiger partial charge in [-0.2, -0.15) is 5.10 Å². The number of hydrogen-bond acceptors (Lipinski definition) is 6. The van der Waals surface area contributed by atoms with Crippen LogP contribution in [0, 0.1) is 0 Å². The lowest BCUT2D eigenvalue weighted by molar-refractivity contribution is 0.0664. The van der Waals surface area contributed by atoms with Crippen molar-refractivity contribution in [3.8, 4) is 17.2 Å². The highest BCUT2D eigenvalue weighted by Crippen LogP contribution is 2.28. The molecule has 3 heterocycles. The Kier molecular flexibility index (Phi) is 5.53. The first-order valence-corrected chi connectivity index (χ1v) is 9.62. The highest BCUT2D eigenvalue weighted by Gasteiger charge is 2.21. The van der Waals surface area contributed by atoms with E-state index in [1.807, 2.05) is 41.3 Å². The molecule has 3 aromatic rings. The zero-order valence-corrected chi connectivity index (χ0v) is 16.6. The first-order chi connectivity index (χ1) is 14.1. The summed E-state index contributed by atoms with van der Waals surface area (Å²) >= 11 is 0. The first kappa shape index (κ1) is 19.1. The van der Waals surface area contributed by atoms with E-state index < -0.39 is 0 Å². The molecular formula is C21H25N5O3.